The summed E-state index contributed by atoms with van der Waals surface area (Å²) in [5.74, 6) is 0.786. The minimum Gasteiger partial charge on any atom is -0.497 e. The molecule has 2 aliphatic rings. The smallest absolute Gasteiger partial charge is 0.240 e. The topological polar surface area (TPSA) is 73.9 Å². The van der Waals surface area contributed by atoms with Gasteiger partial charge >= 0.3 is 0 Å². The van der Waals surface area contributed by atoms with E-state index in [0.29, 0.717) is 19.6 Å². The highest BCUT2D eigenvalue weighted by atomic mass is 32.2. The summed E-state index contributed by atoms with van der Waals surface area (Å²) < 4.78 is 45.0. The van der Waals surface area contributed by atoms with Crippen LogP contribution in [0.25, 0.3) is 11.1 Å². The SMILES string of the molecule is COc1ccc(-c2ccc(S(=O)(=O)N[C@@H]3CC[C@H]4OCCO[C@H]4C3)cc2)cc1. The van der Waals surface area contributed by atoms with Crippen molar-refractivity contribution >= 4 is 10.0 Å². The molecule has 0 amide bonds. The van der Waals surface area contributed by atoms with Gasteiger partial charge in [-0.1, -0.05) is 24.3 Å². The van der Waals surface area contributed by atoms with Gasteiger partial charge in [0.25, 0.3) is 0 Å². The molecule has 2 aromatic carbocycles. The standard InChI is InChI=1S/C21H25NO5S/c1-25-18-7-2-15(3-8-18)16-4-9-19(10-5-16)28(23,24)22-17-6-11-20-21(14-17)27-13-12-26-20/h2-5,7-10,17,20-22H,6,11-14H2,1H3/t17-,20-,21+/m1/s1. The molecule has 0 bridgehead atoms. The fourth-order valence-electron chi connectivity index (χ4n) is 3.87. The molecular weight excluding hydrogens is 378 g/mol. The molecular formula is C21H25NO5S. The minimum atomic E-state index is -3.57. The first-order chi connectivity index (χ1) is 13.5. The van der Waals surface area contributed by atoms with Crippen molar-refractivity contribution in [2.24, 2.45) is 0 Å². The second kappa shape index (κ2) is 8.21. The molecule has 1 saturated heterocycles. The first kappa shape index (κ1) is 19.4. The largest absolute Gasteiger partial charge is 0.497 e. The summed E-state index contributed by atoms with van der Waals surface area (Å²) in [5.41, 5.74) is 1.96. The van der Waals surface area contributed by atoms with Crippen molar-refractivity contribution < 1.29 is 22.6 Å². The van der Waals surface area contributed by atoms with E-state index in [0.717, 1.165) is 29.7 Å². The van der Waals surface area contributed by atoms with Gasteiger partial charge in [-0.3, -0.25) is 0 Å². The van der Waals surface area contributed by atoms with Crippen LogP contribution in [0.15, 0.2) is 53.4 Å². The van der Waals surface area contributed by atoms with Gasteiger partial charge in [0.05, 0.1) is 37.4 Å². The Kier molecular flexibility index (Phi) is 5.68. The zero-order valence-corrected chi connectivity index (χ0v) is 16.7. The van der Waals surface area contributed by atoms with Crippen molar-refractivity contribution in [3.8, 4) is 16.9 Å². The average molecular weight is 404 g/mol. The van der Waals surface area contributed by atoms with Crippen LogP contribution in [-0.4, -0.2) is 47.0 Å². The van der Waals surface area contributed by atoms with E-state index in [1.54, 1.807) is 19.2 Å². The van der Waals surface area contributed by atoms with Crippen LogP contribution in [0, 0.1) is 0 Å². The van der Waals surface area contributed by atoms with Crippen LogP contribution < -0.4 is 9.46 Å². The van der Waals surface area contributed by atoms with Gasteiger partial charge in [-0.2, -0.15) is 0 Å². The van der Waals surface area contributed by atoms with E-state index >= 15 is 0 Å². The normalized spacial score (nSPS) is 25.1. The van der Waals surface area contributed by atoms with Crippen molar-refractivity contribution in [3.63, 3.8) is 0 Å². The van der Waals surface area contributed by atoms with Crippen molar-refractivity contribution in [3.05, 3.63) is 48.5 Å². The number of nitrogens with one attached hydrogen (secondary N) is 1. The van der Waals surface area contributed by atoms with Crippen molar-refractivity contribution in [2.75, 3.05) is 20.3 Å². The zero-order valence-electron chi connectivity index (χ0n) is 15.8. The van der Waals surface area contributed by atoms with Gasteiger partial charge in [-0.05, 0) is 54.7 Å². The molecule has 1 N–H and O–H groups in total. The van der Waals surface area contributed by atoms with Gasteiger partial charge in [0.2, 0.25) is 10.0 Å². The molecule has 2 fully saturated rings. The van der Waals surface area contributed by atoms with Crippen molar-refractivity contribution in [1.82, 2.24) is 4.72 Å². The van der Waals surface area contributed by atoms with Crippen LogP contribution in [0.5, 0.6) is 5.75 Å². The summed E-state index contributed by atoms with van der Waals surface area (Å²) in [4.78, 5) is 0.271. The molecule has 6 nitrogen and oxygen atoms in total. The third-order valence-electron chi connectivity index (χ3n) is 5.39. The Bertz CT molecular complexity index is 895. The Morgan fingerprint density at radius 3 is 2.14 bits per heavy atom. The van der Waals surface area contributed by atoms with Gasteiger partial charge < -0.3 is 14.2 Å². The summed E-state index contributed by atoms with van der Waals surface area (Å²) in [6, 6.07) is 14.5. The highest BCUT2D eigenvalue weighted by Crippen LogP contribution is 2.28. The molecule has 0 aromatic heterocycles. The van der Waals surface area contributed by atoms with E-state index in [1.807, 2.05) is 36.4 Å². The fraction of sp³-hybridized carbons (Fsp3) is 0.429. The maximum absolute atomic E-state index is 12.8. The third-order valence-corrected chi connectivity index (χ3v) is 6.92. The number of methoxy groups -OCH3 is 1. The lowest BCUT2D eigenvalue weighted by atomic mass is 9.90. The molecule has 0 spiro atoms. The Labute approximate surface area is 165 Å². The molecule has 0 unspecified atom stereocenters. The summed E-state index contributed by atoms with van der Waals surface area (Å²) in [7, 11) is -1.95. The molecule has 1 heterocycles. The number of hydrogen-bond acceptors (Lipinski definition) is 5. The van der Waals surface area contributed by atoms with Gasteiger partial charge in [-0.25, -0.2) is 13.1 Å². The second-order valence-corrected chi connectivity index (χ2v) is 8.92. The number of hydrogen-bond donors (Lipinski definition) is 1. The average Bonchev–Trinajstić information content (AvgIpc) is 2.73. The fourth-order valence-corrected chi connectivity index (χ4v) is 5.15. The number of fused-ring (bicyclic) bond motifs is 1. The monoisotopic (exact) mass is 403 g/mol. The maximum Gasteiger partial charge on any atom is 0.240 e. The Balaban J connectivity index is 1.44. The predicted molar refractivity (Wildman–Crippen MR) is 106 cm³/mol. The van der Waals surface area contributed by atoms with Crippen LogP contribution in [0.1, 0.15) is 19.3 Å². The van der Waals surface area contributed by atoms with E-state index < -0.39 is 10.0 Å². The molecule has 28 heavy (non-hydrogen) atoms. The van der Waals surface area contributed by atoms with E-state index in [9.17, 15) is 8.42 Å². The first-order valence-corrected chi connectivity index (χ1v) is 11.0. The minimum absolute atomic E-state index is 0.0207. The molecule has 7 heteroatoms. The lowest BCUT2D eigenvalue weighted by Gasteiger charge is -2.38. The molecule has 0 radical (unpaired) electrons. The van der Waals surface area contributed by atoms with E-state index in [2.05, 4.69) is 4.72 Å². The lowest BCUT2D eigenvalue weighted by Crippen LogP contribution is -2.49. The van der Waals surface area contributed by atoms with Gasteiger partial charge in [0.1, 0.15) is 5.75 Å². The number of sulfonamides is 1. The Morgan fingerprint density at radius 1 is 0.893 bits per heavy atom. The van der Waals surface area contributed by atoms with Crippen molar-refractivity contribution in [1.29, 1.82) is 0 Å². The van der Waals surface area contributed by atoms with Crippen molar-refractivity contribution in [2.45, 2.75) is 42.4 Å². The molecule has 1 aliphatic carbocycles. The lowest BCUT2D eigenvalue weighted by molar-refractivity contribution is -0.156. The molecule has 2 aromatic rings. The second-order valence-electron chi connectivity index (χ2n) is 7.20. The Hall–Kier alpha value is -1.93. The zero-order chi connectivity index (χ0) is 19.6. The molecule has 4 rings (SSSR count). The summed E-state index contributed by atoms with van der Waals surface area (Å²) >= 11 is 0. The number of rotatable bonds is 5. The summed E-state index contributed by atoms with van der Waals surface area (Å²) in [6.07, 6.45) is 2.29. The molecule has 150 valence electrons. The van der Waals surface area contributed by atoms with Crippen LogP contribution in [0.4, 0.5) is 0 Å². The highest BCUT2D eigenvalue weighted by Gasteiger charge is 2.35. The summed E-state index contributed by atoms with van der Waals surface area (Å²) in [5, 5.41) is 0. The van der Waals surface area contributed by atoms with Gasteiger partial charge in [0.15, 0.2) is 0 Å². The van der Waals surface area contributed by atoms with Crippen LogP contribution in [0.2, 0.25) is 0 Å². The number of benzene rings is 2. The van der Waals surface area contributed by atoms with E-state index in [4.69, 9.17) is 14.2 Å². The molecule has 1 saturated carbocycles. The summed E-state index contributed by atoms with van der Waals surface area (Å²) in [6.45, 7) is 1.20. The van der Waals surface area contributed by atoms with Gasteiger partial charge in [-0.15, -0.1) is 0 Å². The molecule has 1 aliphatic heterocycles. The highest BCUT2D eigenvalue weighted by molar-refractivity contribution is 7.89. The predicted octanol–water partition coefficient (Wildman–Crippen LogP) is 2.98. The number of ether oxygens (including phenoxy) is 3. The van der Waals surface area contributed by atoms with Crippen LogP contribution >= 0.6 is 0 Å². The van der Waals surface area contributed by atoms with Crippen LogP contribution in [-0.2, 0) is 19.5 Å². The maximum atomic E-state index is 12.8. The van der Waals surface area contributed by atoms with Crippen LogP contribution in [0.3, 0.4) is 0 Å². The van der Waals surface area contributed by atoms with Gasteiger partial charge in [0, 0.05) is 6.04 Å². The van der Waals surface area contributed by atoms with E-state index in [-0.39, 0.29) is 23.1 Å². The quantitative estimate of drug-likeness (QED) is 0.831. The first-order valence-electron chi connectivity index (χ1n) is 9.55. The Morgan fingerprint density at radius 2 is 1.50 bits per heavy atom. The molecule has 3 atom stereocenters. The third kappa shape index (κ3) is 4.22. The van der Waals surface area contributed by atoms with E-state index in [1.165, 1.54) is 0 Å².